The monoisotopic (exact) mass is 271 g/mol. The van der Waals surface area contributed by atoms with E-state index < -0.39 is 11.0 Å². The van der Waals surface area contributed by atoms with Crippen LogP contribution in [0.15, 0.2) is 24.3 Å². The molecule has 0 saturated heterocycles. The zero-order valence-corrected chi connectivity index (χ0v) is 12.3. The molecule has 1 aromatic carbocycles. The minimum absolute atomic E-state index is 0. The molecule has 1 atom stereocenters. The Morgan fingerprint density at radius 2 is 1.78 bits per heavy atom. The number of esters is 1. The molecule has 18 heavy (non-hydrogen) atoms. The quantitative estimate of drug-likeness (QED) is 0.674. The van der Waals surface area contributed by atoms with E-state index in [1.54, 1.807) is 0 Å². The van der Waals surface area contributed by atoms with Crippen molar-refractivity contribution >= 4 is 17.6 Å². The highest BCUT2D eigenvalue weighted by atomic mass is 35.5. The van der Waals surface area contributed by atoms with Crippen LogP contribution in [0.3, 0.4) is 0 Å². The lowest BCUT2D eigenvalue weighted by Gasteiger charge is -2.21. The minimum atomic E-state index is -0.628. The minimum Gasteiger partial charge on any atom is -0.459 e. The molecule has 0 aliphatic rings. The van der Waals surface area contributed by atoms with Crippen LogP contribution in [0, 0.1) is 6.92 Å². The molecule has 0 amide bonds. The third kappa shape index (κ3) is 6.03. The third-order valence-corrected chi connectivity index (χ3v) is 2.53. The molecule has 1 rings (SSSR count). The fraction of sp³-hybridized carbons (Fsp3) is 0.500. The summed E-state index contributed by atoms with van der Waals surface area (Å²) in [6.45, 7) is 7.52. The van der Waals surface area contributed by atoms with Crippen molar-refractivity contribution in [1.29, 1.82) is 0 Å². The zero-order valence-electron chi connectivity index (χ0n) is 11.5. The normalized spacial score (nSPS) is 12.5. The number of halogens is 1. The third-order valence-electron chi connectivity index (χ3n) is 2.20. The van der Waals surface area contributed by atoms with Gasteiger partial charge in [0.2, 0.25) is 0 Å². The summed E-state index contributed by atoms with van der Waals surface area (Å²) in [7, 11) is 0. The number of hydrogen-bond donors (Lipinski definition) is 1. The van der Waals surface area contributed by atoms with E-state index in [0.29, 0.717) is 6.42 Å². The molecule has 0 saturated carbocycles. The van der Waals surface area contributed by atoms with Gasteiger partial charge in [0.05, 0.1) is 0 Å². The van der Waals surface area contributed by atoms with E-state index in [2.05, 4.69) is 0 Å². The number of hydrogen-bond acceptors (Lipinski definition) is 3. The maximum Gasteiger partial charge on any atom is 0.324 e. The number of rotatable bonds is 3. The van der Waals surface area contributed by atoms with Gasteiger partial charge in [-0.25, -0.2) is 0 Å². The van der Waals surface area contributed by atoms with Crippen molar-refractivity contribution in [2.75, 3.05) is 0 Å². The van der Waals surface area contributed by atoms with Crippen molar-refractivity contribution in [3.8, 4) is 0 Å². The van der Waals surface area contributed by atoms with Crippen LogP contribution >= 0.6 is 11.6 Å². The van der Waals surface area contributed by atoms with Crippen molar-refractivity contribution in [2.45, 2.75) is 45.1 Å². The summed E-state index contributed by atoms with van der Waals surface area (Å²) in [6, 6.07) is 7.98. The summed E-state index contributed by atoms with van der Waals surface area (Å²) in [5.41, 5.74) is 1.75. The second-order valence-corrected chi connectivity index (χ2v) is 5.72. The number of ether oxygens (including phenoxy) is 1. The van der Waals surface area contributed by atoms with Gasteiger partial charge in [0.15, 0.2) is 0 Å². The zero-order chi connectivity index (χ0) is 13.1. The van der Waals surface area contributed by atoms with Gasteiger partial charge in [0, 0.05) is 0 Å². The molecule has 0 fully saturated rings. The van der Waals surface area contributed by atoms with Crippen molar-refractivity contribution in [2.24, 2.45) is 0 Å². The largest absolute Gasteiger partial charge is 0.459 e. The Kier molecular flexibility index (Phi) is 6.36. The molecular formula is C14H22ClNO2. The number of carbonyl (C=O) groups is 1. The Morgan fingerprint density at radius 1 is 1.28 bits per heavy atom. The van der Waals surface area contributed by atoms with E-state index in [9.17, 15) is 4.79 Å². The topological polar surface area (TPSA) is 61.3 Å². The van der Waals surface area contributed by atoms with Crippen LogP contribution in [0.4, 0.5) is 0 Å². The maximum absolute atomic E-state index is 11.7. The Hall–Kier alpha value is -1.06. The van der Waals surface area contributed by atoms with Crippen molar-refractivity contribution < 1.29 is 9.53 Å². The van der Waals surface area contributed by atoms with E-state index in [-0.39, 0.29) is 12.1 Å². The average Bonchev–Trinajstić information content (AvgIpc) is 2.19. The molecule has 0 radical (unpaired) electrons. The van der Waals surface area contributed by atoms with Crippen LogP contribution in [-0.2, 0) is 16.0 Å². The van der Waals surface area contributed by atoms with Crippen molar-refractivity contribution in [1.82, 2.24) is 6.15 Å². The Labute approximate surface area is 114 Å². The highest BCUT2D eigenvalue weighted by Crippen LogP contribution is 2.15. The van der Waals surface area contributed by atoms with Gasteiger partial charge in [0.1, 0.15) is 11.0 Å². The van der Waals surface area contributed by atoms with Crippen LogP contribution in [0.1, 0.15) is 31.9 Å². The molecule has 102 valence electrons. The fourth-order valence-electron chi connectivity index (χ4n) is 1.38. The summed E-state index contributed by atoms with van der Waals surface area (Å²) in [5, 5.41) is -0.628. The van der Waals surface area contributed by atoms with Gasteiger partial charge in [-0.3, -0.25) is 4.79 Å². The second-order valence-electron chi connectivity index (χ2n) is 5.19. The van der Waals surface area contributed by atoms with Gasteiger partial charge >= 0.3 is 5.97 Å². The fourth-order valence-corrected chi connectivity index (χ4v) is 1.60. The first-order chi connectivity index (χ1) is 7.78. The standard InChI is InChI=1S/C14H19ClO2.H3N/c1-10-5-7-11(8-6-10)9-12(15)13(16)17-14(2,3)4;/h5-8,12H,9H2,1-4H3;1H3/t12-;/m0./s1. The first-order valence-electron chi connectivity index (χ1n) is 5.70. The molecular weight excluding hydrogens is 250 g/mol. The lowest BCUT2D eigenvalue weighted by Crippen LogP contribution is -2.30. The van der Waals surface area contributed by atoms with Gasteiger partial charge in [-0.2, -0.15) is 0 Å². The molecule has 1 aromatic rings. The van der Waals surface area contributed by atoms with E-state index in [1.807, 2.05) is 52.0 Å². The molecule has 4 heteroatoms. The summed E-state index contributed by atoms with van der Waals surface area (Å²) in [6.07, 6.45) is 0.497. The molecule has 0 bridgehead atoms. The first-order valence-corrected chi connectivity index (χ1v) is 6.14. The number of benzene rings is 1. The van der Waals surface area contributed by atoms with Gasteiger partial charge in [-0.1, -0.05) is 29.8 Å². The molecule has 0 heterocycles. The van der Waals surface area contributed by atoms with Gasteiger partial charge in [0.25, 0.3) is 0 Å². The van der Waals surface area contributed by atoms with Gasteiger partial charge in [-0.15, -0.1) is 11.6 Å². The highest BCUT2D eigenvalue weighted by molar-refractivity contribution is 6.30. The molecule has 0 unspecified atom stereocenters. The molecule has 0 aliphatic heterocycles. The molecule has 0 spiro atoms. The van der Waals surface area contributed by atoms with Crippen molar-refractivity contribution in [3.05, 3.63) is 35.4 Å². The second kappa shape index (κ2) is 6.76. The van der Waals surface area contributed by atoms with Gasteiger partial charge < -0.3 is 10.9 Å². The highest BCUT2D eigenvalue weighted by Gasteiger charge is 2.23. The van der Waals surface area contributed by atoms with Crippen LogP contribution in [0.5, 0.6) is 0 Å². The van der Waals surface area contributed by atoms with E-state index >= 15 is 0 Å². The molecule has 3 N–H and O–H groups in total. The lowest BCUT2D eigenvalue weighted by molar-refractivity contribution is -0.154. The Balaban J connectivity index is 0.00000289. The summed E-state index contributed by atoms with van der Waals surface area (Å²) in [5.74, 6) is -0.361. The Bertz CT molecular complexity index is 382. The number of carbonyl (C=O) groups excluding carboxylic acids is 1. The predicted octanol–water partition coefficient (Wildman–Crippen LogP) is 3.65. The smallest absolute Gasteiger partial charge is 0.324 e. The summed E-state index contributed by atoms with van der Waals surface area (Å²) >= 11 is 6.04. The molecule has 3 nitrogen and oxygen atoms in total. The summed E-state index contributed by atoms with van der Waals surface area (Å²) < 4.78 is 5.22. The van der Waals surface area contributed by atoms with Gasteiger partial charge in [-0.05, 0) is 39.7 Å². The van der Waals surface area contributed by atoms with Crippen LogP contribution < -0.4 is 6.15 Å². The number of aryl methyl sites for hydroxylation is 1. The van der Waals surface area contributed by atoms with Crippen LogP contribution in [0.2, 0.25) is 0 Å². The molecule has 0 aliphatic carbocycles. The molecule has 0 aromatic heterocycles. The van der Waals surface area contributed by atoms with Crippen LogP contribution in [0.25, 0.3) is 0 Å². The van der Waals surface area contributed by atoms with Crippen molar-refractivity contribution in [3.63, 3.8) is 0 Å². The van der Waals surface area contributed by atoms with E-state index in [0.717, 1.165) is 5.56 Å². The van der Waals surface area contributed by atoms with Crippen LogP contribution in [-0.4, -0.2) is 16.9 Å². The van der Waals surface area contributed by atoms with E-state index in [1.165, 1.54) is 5.56 Å². The summed E-state index contributed by atoms with van der Waals surface area (Å²) in [4.78, 5) is 11.7. The Morgan fingerprint density at radius 3 is 2.22 bits per heavy atom. The lowest BCUT2D eigenvalue weighted by atomic mass is 10.1. The van der Waals surface area contributed by atoms with E-state index in [4.69, 9.17) is 16.3 Å². The maximum atomic E-state index is 11.7. The first kappa shape index (κ1) is 16.9. The average molecular weight is 272 g/mol. The SMILES string of the molecule is Cc1ccc(C[C@H](Cl)C(=O)OC(C)(C)C)cc1.N. The predicted molar refractivity (Wildman–Crippen MR) is 75.4 cm³/mol. The number of alkyl halides is 1.